The number of aryl methyl sites for hydroxylation is 1. The summed E-state index contributed by atoms with van der Waals surface area (Å²) in [5.41, 5.74) is 5.40. The number of alkyl halides is 2. The fourth-order valence-electron chi connectivity index (χ4n) is 1.09. The summed E-state index contributed by atoms with van der Waals surface area (Å²) in [6, 6.07) is 4.45. The Bertz CT molecular complexity index is 353. The van der Waals surface area contributed by atoms with Crippen molar-refractivity contribution in [3.63, 3.8) is 0 Å². The van der Waals surface area contributed by atoms with Gasteiger partial charge in [0.2, 0.25) is 0 Å². The van der Waals surface area contributed by atoms with Gasteiger partial charge in [0.25, 0.3) is 5.91 Å². The molecule has 0 unspecified atom stereocenters. The van der Waals surface area contributed by atoms with Gasteiger partial charge >= 0.3 is 6.61 Å². The van der Waals surface area contributed by atoms with E-state index >= 15 is 0 Å². The number of carbonyl (C=O) groups excluding carboxylic acids is 1. The average Bonchev–Trinajstić information content (AvgIpc) is 2.07. The molecule has 1 aromatic carbocycles. The van der Waals surface area contributed by atoms with Crippen LogP contribution >= 0.6 is 0 Å². The van der Waals surface area contributed by atoms with Crippen LogP contribution in [0.5, 0.6) is 5.75 Å². The van der Waals surface area contributed by atoms with Crippen LogP contribution in [0.15, 0.2) is 18.2 Å². The molecule has 0 heterocycles. The Kier molecular flexibility index (Phi) is 3.01. The van der Waals surface area contributed by atoms with E-state index in [4.69, 9.17) is 5.73 Å². The fraction of sp³-hybridized carbons (Fsp3) is 0.222. The molecule has 5 heteroatoms. The number of hydrogen-bond acceptors (Lipinski definition) is 2. The van der Waals surface area contributed by atoms with E-state index in [2.05, 4.69) is 4.74 Å². The highest BCUT2D eigenvalue weighted by Gasteiger charge is 2.15. The van der Waals surface area contributed by atoms with Crippen LogP contribution in [-0.4, -0.2) is 12.5 Å². The van der Waals surface area contributed by atoms with E-state index in [0.29, 0.717) is 5.56 Å². The molecule has 0 aliphatic heterocycles. The number of carbonyl (C=O) groups is 1. The predicted octanol–water partition coefficient (Wildman–Crippen LogP) is 1.70. The Morgan fingerprint density at radius 1 is 1.50 bits per heavy atom. The van der Waals surface area contributed by atoms with Crippen molar-refractivity contribution in [1.29, 1.82) is 0 Å². The van der Waals surface area contributed by atoms with Gasteiger partial charge in [-0.15, -0.1) is 0 Å². The molecule has 0 spiro atoms. The summed E-state index contributed by atoms with van der Waals surface area (Å²) in [7, 11) is 0. The Labute approximate surface area is 79.5 Å². The van der Waals surface area contributed by atoms with Gasteiger partial charge in [-0.3, -0.25) is 4.79 Å². The van der Waals surface area contributed by atoms with Crippen molar-refractivity contribution in [2.45, 2.75) is 13.5 Å². The van der Waals surface area contributed by atoms with E-state index in [-0.39, 0.29) is 11.3 Å². The van der Waals surface area contributed by atoms with Crippen LogP contribution < -0.4 is 10.5 Å². The lowest BCUT2D eigenvalue weighted by Crippen LogP contribution is -2.15. The summed E-state index contributed by atoms with van der Waals surface area (Å²) in [5, 5.41) is 0. The summed E-state index contributed by atoms with van der Waals surface area (Å²) in [6.07, 6.45) is 0. The Morgan fingerprint density at radius 2 is 2.14 bits per heavy atom. The molecule has 0 radical (unpaired) electrons. The Hall–Kier alpha value is -1.65. The number of amides is 1. The van der Waals surface area contributed by atoms with E-state index in [0.717, 1.165) is 0 Å². The van der Waals surface area contributed by atoms with Gasteiger partial charge < -0.3 is 10.5 Å². The molecule has 0 bridgehead atoms. The Balaban J connectivity index is 3.15. The minimum Gasteiger partial charge on any atom is -0.434 e. The van der Waals surface area contributed by atoms with Crippen molar-refractivity contribution in [2.24, 2.45) is 5.73 Å². The molecule has 0 saturated heterocycles. The molecule has 0 fully saturated rings. The van der Waals surface area contributed by atoms with Crippen LogP contribution in [0.3, 0.4) is 0 Å². The maximum Gasteiger partial charge on any atom is 0.387 e. The molecular formula is C9H9F2NO2. The van der Waals surface area contributed by atoms with Crippen molar-refractivity contribution in [2.75, 3.05) is 0 Å². The lowest BCUT2D eigenvalue weighted by molar-refractivity contribution is -0.0505. The molecule has 2 N–H and O–H groups in total. The number of ether oxygens (including phenoxy) is 1. The third kappa shape index (κ3) is 2.18. The third-order valence-corrected chi connectivity index (χ3v) is 1.68. The summed E-state index contributed by atoms with van der Waals surface area (Å²) < 4.78 is 28.1. The van der Waals surface area contributed by atoms with E-state index in [1.54, 1.807) is 19.1 Å². The predicted molar refractivity (Wildman–Crippen MR) is 46.3 cm³/mol. The lowest BCUT2D eigenvalue weighted by atomic mass is 10.1. The average molecular weight is 201 g/mol. The highest BCUT2D eigenvalue weighted by Crippen LogP contribution is 2.24. The van der Waals surface area contributed by atoms with Crippen LogP contribution in [-0.2, 0) is 0 Å². The number of halogens is 2. The first-order valence-electron chi connectivity index (χ1n) is 3.86. The van der Waals surface area contributed by atoms with E-state index < -0.39 is 12.5 Å². The number of nitrogens with two attached hydrogens (primary N) is 1. The second-order valence-corrected chi connectivity index (χ2v) is 2.69. The van der Waals surface area contributed by atoms with Crippen LogP contribution in [0.2, 0.25) is 0 Å². The zero-order chi connectivity index (χ0) is 10.7. The van der Waals surface area contributed by atoms with Gasteiger partial charge in [-0.25, -0.2) is 0 Å². The van der Waals surface area contributed by atoms with Gasteiger partial charge in [-0.1, -0.05) is 12.1 Å². The first kappa shape index (κ1) is 10.4. The van der Waals surface area contributed by atoms with Crippen molar-refractivity contribution >= 4 is 5.91 Å². The highest BCUT2D eigenvalue weighted by molar-refractivity contribution is 5.96. The smallest absolute Gasteiger partial charge is 0.387 e. The van der Waals surface area contributed by atoms with Crippen LogP contribution in [0.1, 0.15) is 15.9 Å². The maximum absolute atomic E-state index is 12.0. The number of hydrogen-bond donors (Lipinski definition) is 1. The quantitative estimate of drug-likeness (QED) is 0.809. The molecule has 1 rings (SSSR count). The molecule has 0 atom stereocenters. The molecule has 1 amide bonds. The maximum atomic E-state index is 12.0. The summed E-state index contributed by atoms with van der Waals surface area (Å²) in [4.78, 5) is 10.9. The monoisotopic (exact) mass is 201 g/mol. The largest absolute Gasteiger partial charge is 0.434 e. The lowest BCUT2D eigenvalue weighted by Gasteiger charge is -2.10. The standard InChI is InChI=1S/C9H9F2NO2/c1-5-3-2-4-6(8(12)13)7(5)14-9(10)11/h2-4,9H,1H3,(H2,12,13). The number of benzene rings is 1. The van der Waals surface area contributed by atoms with Gasteiger partial charge in [-0.05, 0) is 18.6 Å². The van der Waals surface area contributed by atoms with Gasteiger partial charge in [0, 0.05) is 0 Å². The molecule has 0 aliphatic rings. The number of primary amides is 1. The number of para-hydroxylation sites is 1. The Morgan fingerprint density at radius 3 is 2.64 bits per heavy atom. The first-order chi connectivity index (χ1) is 6.52. The van der Waals surface area contributed by atoms with E-state index in [1.807, 2.05) is 0 Å². The SMILES string of the molecule is Cc1cccc(C(N)=O)c1OC(F)F. The minimum absolute atomic E-state index is 0.0368. The zero-order valence-corrected chi connectivity index (χ0v) is 7.46. The second kappa shape index (κ2) is 4.04. The molecule has 1 aromatic rings. The molecule has 3 nitrogen and oxygen atoms in total. The van der Waals surface area contributed by atoms with E-state index in [1.165, 1.54) is 6.07 Å². The normalized spacial score (nSPS) is 10.3. The minimum atomic E-state index is -2.96. The highest BCUT2D eigenvalue weighted by atomic mass is 19.3. The molecule has 0 aliphatic carbocycles. The van der Waals surface area contributed by atoms with Gasteiger partial charge in [0.1, 0.15) is 5.75 Å². The molecule has 76 valence electrons. The summed E-state index contributed by atoms with van der Waals surface area (Å²) >= 11 is 0. The van der Waals surface area contributed by atoms with Gasteiger partial charge in [-0.2, -0.15) is 8.78 Å². The summed E-state index contributed by atoms with van der Waals surface area (Å²) in [5.74, 6) is -0.945. The van der Waals surface area contributed by atoms with Crippen LogP contribution in [0.25, 0.3) is 0 Å². The molecule has 14 heavy (non-hydrogen) atoms. The molecule has 0 saturated carbocycles. The van der Waals surface area contributed by atoms with Crippen molar-refractivity contribution in [3.8, 4) is 5.75 Å². The van der Waals surface area contributed by atoms with Crippen LogP contribution in [0.4, 0.5) is 8.78 Å². The summed E-state index contributed by atoms with van der Waals surface area (Å²) in [6.45, 7) is -1.40. The van der Waals surface area contributed by atoms with Crippen molar-refractivity contribution in [3.05, 3.63) is 29.3 Å². The number of rotatable bonds is 3. The third-order valence-electron chi connectivity index (χ3n) is 1.68. The molecule has 0 aromatic heterocycles. The first-order valence-corrected chi connectivity index (χ1v) is 3.86. The molecular weight excluding hydrogens is 192 g/mol. The van der Waals surface area contributed by atoms with Crippen molar-refractivity contribution in [1.82, 2.24) is 0 Å². The van der Waals surface area contributed by atoms with Gasteiger partial charge in [0.05, 0.1) is 5.56 Å². The second-order valence-electron chi connectivity index (χ2n) is 2.69. The van der Waals surface area contributed by atoms with Crippen molar-refractivity contribution < 1.29 is 18.3 Å². The van der Waals surface area contributed by atoms with Gasteiger partial charge in [0.15, 0.2) is 0 Å². The fourth-order valence-corrected chi connectivity index (χ4v) is 1.09. The van der Waals surface area contributed by atoms with E-state index in [9.17, 15) is 13.6 Å². The topological polar surface area (TPSA) is 52.3 Å². The zero-order valence-electron chi connectivity index (χ0n) is 7.46. The van der Waals surface area contributed by atoms with Crippen LogP contribution in [0, 0.1) is 6.92 Å².